The van der Waals surface area contributed by atoms with E-state index in [2.05, 4.69) is 30.2 Å². The van der Waals surface area contributed by atoms with Gasteiger partial charge in [0.1, 0.15) is 11.7 Å². The van der Waals surface area contributed by atoms with Gasteiger partial charge in [-0.25, -0.2) is 9.50 Å². The molecule has 9 nitrogen and oxygen atoms in total. The van der Waals surface area contributed by atoms with Crippen molar-refractivity contribution in [3.8, 4) is 11.6 Å². The van der Waals surface area contributed by atoms with Crippen molar-refractivity contribution in [2.45, 2.75) is 12.5 Å². The van der Waals surface area contributed by atoms with Crippen LogP contribution in [-0.4, -0.2) is 41.3 Å². The first-order chi connectivity index (χ1) is 14.8. The van der Waals surface area contributed by atoms with Crippen molar-refractivity contribution in [1.82, 2.24) is 34.8 Å². The molecule has 1 aliphatic heterocycles. The Morgan fingerprint density at radius 1 is 1.10 bits per heavy atom. The summed E-state index contributed by atoms with van der Waals surface area (Å²) in [7, 11) is 0. The Morgan fingerprint density at radius 3 is 2.93 bits per heavy atom. The predicted molar refractivity (Wildman–Crippen MR) is 104 cm³/mol. The third-order valence-electron chi connectivity index (χ3n) is 5.21. The summed E-state index contributed by atoms with van der Waals surface area (Å²) in [6.45, 7) is 0.611. The molecule has 0 saturated heterocycles. The van der Waals surface area contributed by atoms with E-state index in [4.69, 9.17) is 4.42 Å². The van der Waals surface area contributed by atoms with Crippen LogP contribution in [0, 0.1) is 5.95 Å². The quantitative estimate of drug-likeness (QED) is 0.463. The maximum absolute atomic E-state index is 14.2. The number of nitrogens with zero attached hydrogens (tertiary/aromatic N) is 7. The second-order valence-electron chi connectivity index (χ2n) is 6.97. The molecule has 6 heterocycles. The lowest BCUT2D eigenvalue weighted by molar-refractivity contribution is 0.498. The topological polar surface area (TPSA) is 101 Å². The Balaban J connectivity index is 1.46. The number of halogens is 1. The van der Waals surface area contributed by atoms with Gasteiger partial charge in [0.15, 0.2) is 0 Å². The van der Waals surface area contributed by atoms with E-state index in [-0.39, 0.29) is 0 Å². The number of fused-ring (bicyclic) bond motifs is 2. The third-order valence-corrected chi connectivity index (χ3v) is 5.21. The average Bonchev–Trinajstić information content (AvgIpc) is 3.52. The number of aromatic nitrogens is 7. The van der Waals surface area contributed by atoms with Crippen LogP contribution in [0.25, 0.3) is 17.1 Å². The fourth-order valence-corrected chi connectivity index (χ4v) is 3.84. The molecule has 0 spiro atoms. The number of anilines is 1. The van der Waals surface area contributed by atoms with Crippen molar-refractivity contribution in [3.05, 3.63) is 78.0 Å². The van der Waals surface area contributed by atoms with Gasteiger partial charge in [0.25, 0.3) is 5.89 Å². The SMILES string of the molecule is Fc1cccc2cc(C3c4nc[nH]c4CCN3c3nnc(-c4ccccn4)o3)nn12. The second-order valence-corrected chi connectivity index (χ2v) is 6.97. The third kappa shape index (κ3) is 2.57. The van der Waals surface area contributed by atoms with E-state index in [1.54, 1.807) is 18.6 Å². The zero-order valence-electron chi connectivity index (χ0n) is 15.6. The Labute approximate surface area is 169 Å². The van der Waals surface area contributed by atoms with E-state index in [0.717, 1.165) is 17.8 Å². The van der Waals surface area contributed by atoms with Crippen molar-refractivity contribution in [1.29, 1.82) is 0 Å². The van der Waals surface area contributed by atoms with Crippen LogP contribution in [0.15, 0.2) is 59.4 Å². The highest BCUT2D eigenvalue weighted by molar-refractivity contribution is 5.53. The number of nitrogens with one attached hydrogen (secondary N) is 1. The van der Waals surface area contributed by atoms with E-state index in [9.17, 15) is 4.39 Å². The van der Waals surface area contributed by atoms with Gasteiger partial charge in [-0.3, -0.25) is 4.98 Å². The first-order valence-electron chi connectivity index (χ1n) is 9.46. The normalized spacial score (nSPS) is 16.2. The molecule has 1 atom stereocenters. The lowest BCUT2D eigenvalue weighted by Gasteiger charge is -2.32. The molecule has 0 fully saturated rings. The molecule has 1 N–H and O–H groups in total. The summed E-state index contributed by atoms with van der Waals surface area (Å²) in [6, 6.07) is 12.1. The molecule has 0 saturated carbocycles. The van der Waals surface area contributed by atoms with Crippen LogP contribution < -0.4 is 4.90 Å². The zero-order valence-corrected chi connectivity index (χ0v) is 15.6. The molecule has 148 valence electrons. The van der Waals surface area contributed by atoms with Crippen LogP contribution in [-0.2, 0) is 6.42 Å². The summed E-state index contributed by atoms with van der Waals surface area (Å²) in [4.78, 5) is 13.9. The lowest BCUT2D eigenvalue weighted by Crippen LogP contribution is -2.37. The van der Waals surface area contributed by atoms with E-state index in [1.165, 1.54) is 10.6 Å². The van der Waals surface area contributed by atoms with Gasteiger partial charge in [0.2, 0.25) is 5.95 Å². The fourth-order valence-electron chi connectivity index (χ4n) is 3.84. The molecule has 0 amide bonds. The molecule has 0 bridgehead atoms. The van der Waals surface area contributed by atoms with E-state index >= 15 is 0 Å². The van der Waals surface area contributed by atoms with E-state index in [0.29, 0.717) is 35.4 Å². The fraction of sp³-hybridized carbons (Fsp3) is 0.150. The second kappa shape index (κ2) is 6.48. The molecular formula is C20H15FN8O. The van der Waals surface area contributed by atoms with Gasteiger partial charge in [-0.05, 0) is 30.3 Å². The minimum atomic E-state index is -0.432. The number of imidazole rings is 1. The summed E-state index contributed by atoms with van der Waals surface area (Å²) in [6.07, 6.45) is 4.06. The number of H-pyrrole nitrogens is 1. The average molecular weight is 402 g/mol. The van der Waals surface area contributed by atoms with Crippen molar-refractivity contribution >= 4 is 11.5 Å². The molecule has 0 aromatic carbocycles. The Kier molecular flexibility index (Phi) is 3.63. The summed E-state index contributed by atoms with van der Waals surface area (Å²) < 4.78 is 21.5. The first-order valence-corrected chi connectivity index (χ1v) is 9.46. The molecule has 5 aromatic heterocycles. The predicted octanol–water partition coefficient (Wildman–Crippen LogP) is 2.79. The van der Waals surface area contributed by atoms with Gasteiger partial charge in [-0.15, -0.1) is 5.10 Å². The van der Waals surface area contributed by atoms with Gasteiger partial charge in [-0.2, -0.15) is 9.49 Å². The van der Waals surface area contributed by atoms with E-state index in [1.807, 2.05) is 35.2 Å². The van der Waals surface area contributed by atoms with Gasteiger partial charge in [-0.1, -0.05) is 17.2 Å². The number of hydrogen-bond donors (Lipinski definition) is 1. The molecule has 30 heavy (non-hydrogen) atoms. The standard InChI is InChI=1S/C20H15FN8O/c21-16-6-3-4-12-10-15(27-29(12)16)18-17-13(23-11-24-17)7-9-28(18)20-26-25-19(30-20)14-5-1-2-8-22-14/h1-6,8,10-11,18H,7,9H2,(H,23,24). The molecule has 0 aliphatic carbocycles. The monoisotopic (exact) mass is 402 g/mol. The maximum atomic E-state index is 14.2. The lowest BCUT2D eigenvalue weighted by atomic mass is 10.0. The van der Waals surface area contributed by atoms with Crippen molar-refractivity contribution in [3.63, 3.8) is 0 Å². The summed E-state index contributed by atoms with van der Waals surface area (Å²) in [5.41, 5.74) is 3.72. The van der Waals surface area contributed by atoms with Crippen LogP contribution in [0.3, 0.4) is 0 Å². The number of hydrogen-bond acceptors (Lipinski definition) is 7. The highest BCUT2D eigenvalue weighted by atomic mass is 19.1. The Hall–Kier alpha value is -4.08. The molecule has 5 aromatic rings. The molecule has 10 heteroatoms. The minimum Gasteiger partial charge on any atom is -0.402 e. The summed E-state index contributed by atoms with van der Waals surface area (Å²) in [5, 5.41) is 12.9. The van der Waals surface area contributed by atoms with Crippen molar-refractivity contribution in [2.24, 2.45) is 0 Å². The van der Waals surface area contributed by atoms with Crippen molar-refractivity contribution < 1.29 is 8.81 Å². The first kappa shape index (κ1) is 16.8. The maximum Gasteiger partial charge on any atom is 0.319 e. The van der Waals surface area contributed by atoms with E-state index < -0.39 is 12.0 Å². The van der Waals surface area contributed by atoms with Crippen LogP contribution >= 0.6 is 0 Å². The molecular weight excluding hydrogens is 387 g/mol. The zero-order chi connectivity index (χ0) is 20.1. The van der Waals surface area contributed by atoms with Crippen LogP contribution in [0.2, 0.25) is 0 Å². The van der Waals surface area contributed by atoms with Gasteiger partial charge in [0, 0.05) is 24.9 Å². The largest absolute Gasteiger partial charge is 0.402 e. The number of aromatic amines is 1. The smallest absolute Gasteiger partial charge is 0.319 e. The Bertz CT molecular complexity index is 1340. The highest BCUT2D eigenvalue weighted by Gasteiger charge is 2.36. The van der Waals surface area contributed by atoms with Gasteiger partial charge < -0.3 is 14.3 Å². The Morgan fingerprint density at radius 2 is 2.07 bits per heavy atom. The molecule has 0 radical (unpaired) electrons. The number of rotatable bonds is 3. The number of pyridine rings is 2. The minimum absolute atomic E-state index is 0.332. The summed E-state index contributed by atoms with van der Waals surface area (Å²) >= 11 is 0. The van der Waals surface area contributed by atoms with Crippen LogP contribution in [0.4, 0.5) is 10.4 Å². The van der Waals surface area contributed by atoms with Gasteiger partial charge >= 0.3 is 6.01 Å². The highest BCUT2D eigenvalue weighted by Crippen LogP contribution is 2.36. The van der Waals surface area contributed by atoms with Gasteiger partial charge in [0.05, 0.1) is 23.2 Å². The molecule has 1 aliphatic rings. The summed E-state index contributed by atoms with van der Waals surface area (Å²) in [5.74, 6) is -0.100. The molecule has 6 rings (SSSR count). The van der Waals surface area contributed by atoms with Crippen LogP contribution in [0.5, 0.6) is 0 Å². The molecule has 1 unspecified atom stereocenters. The van der Waals surface area contributed by atoms with Crippen LogP contribution in [0.1, 0.15) is 23.1 Å². The van der Waals surface area contributed by atoms with Crippen molar-refractivity contribution in [2.75, 3.05) is 11.4 Å².